The molecule has 0 radical (unpaired) electrons. The van der Waals surface area contributed by atoms with Crippen LogP contribution in [0.2, 0.25) is 0 Å². The van der Waals surface area contributed by atoms with E-state index in [1.165, 1.54) is 11.1 Å². The third-order valence-electron chi connectivity index (χ3n) is 5.39. The van der Waals surface area contributed by atoms with Gasteiger partial charge in [-0.25, -0.2) is 0 Å². The Hall–Kier alpha value is -1.92. The molecule has 1 unspecified atom stereocenters. The summed E-state index contributed by atoms with van der Waals surface area (Å²) in [6, 6.07) is 18.8. The van der Waals surface area contributed by atoms with Gasteiger partial charge in [-0.2, -0.15) is 0 Å². The Labute approximate surface area is 175 Å². The van der Waals surface area contributed by atoms with Gasteiger partial charge >= 0.3 is 0 Å². The van der Waals surface area contributed by atoms with Gasteiger partial charge in [0.05, 0.1) is 12.7 Å². The standard InChI is InChI=1S/C24H35N3O2/c1-3-29-24-11-9-22(10-12-24)18-26-13-15-27(16-14-26)20-23(28)19-25(2)17-21-7-5-4-6-8-21/h4-12,23,28H,3,13-20H2,1-2H3. The fourth-order valence-corrected chi connectivity index (χ4v) is 3.92. The zero-order valence-corrected chi connectivity index (χ0v) is 17.8. The normalized spacial score (nSPS) is 16.8. The Morgan fingerprint density at radius 3 is 2.24 bits per heavy atom. The van der Waals surface area contributed by atoms with E-state index in [1.807, 2.05) is 13.0 Å². The molecule has 0 amide bonds. The van der Waals surface area contributed by atoms with Gasteiger partial charge in [-0.15, -0.1) is 0 Å². The third kappa shape index (κ3) is 7.44. The van der Waals surface area contributed by atoms with Crippen molar-refractivity contribution >= 4 is 0 Å². The lowest BCUT2D eigenvalue weighted by molar-refractivity contribution is 0.0525. The number of aliphatic hydroxyl groups excluding tert-OH is 1. The molecule has 0 bridgehead atoms. The summed E-state index contributed by atoms with van der Waals surface area (Å²) in [7, 11) is 2.07. The van der Waals surface area contributed by atoms with Crippen LogP contribution in [0.5, 0.6) is 5.75 Å². The van der Waals surface area contributed by atoms with Gasteiger partial charge in [0.15, 0.2) is 0 Å². The van der Waals surface area contributed by atoms with Gasteiger partial charge in [-0.1, -0.05) is 42.5 Å². The summed E-state index contributed by atoms with van der Waals surface area (Å²) < 4.78 is 5.51. The monoisotopic (exact) mass is 397 g/mol. The van der Waals surface area contributed by atoms with Gasteiger partial charge in [-0.05, 0) is 37.2 Å². The molecule has 5 heteroatoms. The SMILES string of the molecule is CCOc1ccc(CN2CCN(CC(O)CN(C)Cc3ccccc3)CC2)cc1. The molecule has 1 atom stereocenters. The second-order valence-corrected chi connectivity index (χ2v) is 7.99. The van der Waals surface area contributed by atoms with Crippen LogP contribution in [0.1, 0.15) is 18.1 Å². The largest absolute Gasteiger partial charge is 0.494 e. The van der Waals surface area contributed by atoms with Crippen molar-refractivity contribution in [1.82, 2.24) is 14.7 Å². The van der Waals surface area contributed by atoms with E-state index in [0.717, 1.165) is 51.6 Å². The summed E-state index contributed by atoms with van der Waals surface area (Å²) in [5, 5.41) is 10.5. The van der Waals surface area contributed by atoms with Crippen LogP contribution >= 0.6 is 0 Å². The molecule has 0 aliphatic carbocycles. The van der Waals surface area contributed by atoms with Crippen LogP contribution in [0, 0.1) is 0 Å². The van der Waals surface area contributed by atoms with Gasteiger partial charge in [0.1, 0.15) is 5.75 Å². The van der Waals surface area contributed by atoms with Crippen molar-refractivity contribution in [2.24, 2.45) is 0 Å². The Balaban J connectivity index is 1.35. The first-order valence-electron chi connectivity index (χ1n) is 10.7. The molecule has 1 N–H and O–H groups in total. The first-order chi connectivity index (χ1) is 14.1. The highest BCUT2D eigenvalue weighted by Crippen LogP contribution is 2.15. The van der Waals surface area contributed by atoms with Crippen LogP contribution in [0.25, 0.3) is 0 Å². The smallest absolute Gasteiger partial charge is 0.119 e. The van der Waals surface area contributed by atoms with E-state index >= 15 is 0 Å². The lowest BCUT2D eigenvalue weighted by Crippen LogP contribution is -2.49. The number of benzene rings is 2. The average Bonchev–Trinajstić information content (AvgIpc) is 2.72. The first-order valence-corrected chi connectivity index (χ1v) is 10.7. The fraction of sp³-hybridized carbons (Fsp3) is 0.500. The average molecular weight is 398 g/mol. The van der Waals surface area contributed by atoms with E-state index in [0.29, 0.717) is 13.2 Å². The van der Waals surface area contributed by atoms with Crippen LogP contribution in [0.15, 0.2) is 54.6 Å². The zero-order valence-electron chi connectivity index (χ0n) is 17.8. The van der Waals surface area contributed by atoms with E-state index < -0.39 is 0 Å². The molecule has 2 aromatic rings. The zero-order chi connectivity index (χ0) is 20.5. The van der Waals surface area contributed by atoms with Crippen LogP contribution in [-0.2, 0) is 13.1 Å². The third-order valence-corrected chi connectivity index (χ3v) is 5.39. The minimum Gasteiger partial charge on any atom is -0.494 e. The Kier molecular flexibility index (Phi) is 8.50. The lowest BCUT2D eigenvalue weighted by Gasteiger charge is -2.36. The van der Waals surface area contributed by atoms with Crippen molar-refractivity contribution in [3.05, 3.63) is 65.7 Å². The number of likely N-dealkylation sites (N-methyl/N-ethyl adjacent to an activating group) is 1. The fourth-order valence-electron chi connectivity index (χ4n) is 3.92. The van der Waals surface area contributed by atoms with Crippen molar-refractivity contribution in [3.8, 4) is 5.75 Å². The van der Waals surface area contributed by atoms with E-state index in [9.17, 15) is 5.11 Å². The molecule has 1 aliphatic heterocycles. The molecule has 1 aliphatic rings. The van der Waals surface area contributed by atoms with Crippen molar-refractivity contribution in [2.45, 2.75) is 26.1 Å². The second kappa shape index (κ2) is 11.3. The highest BCUT2D eigenvalue weighted by Gasteiger charge is 2.20. The van der Waals surface area contributed by atoms with Crippen LogP contribution in [0.4, 0.5) is 0 Å². The maximum atomic E-state index is 10.5. The molecule has 3 rings (SSSR count). The van der Waals surface area contributed by atoms with E-state index in [2.05, 4.69) is 70.3 Å². The molecule has 2 aromatic carbocycles. The number of rotatable bonds is 10. The number of hydrogen-bond acceptors (Lipinski definition) is 5. The Bertz CT molecular complexity index is 700. The summed E-state index contributed by atoms with van der Waals surface area (Å²) in [5.41, 5.74) is 2.61. The van der Waals surface area contributed by atoms with Crippen LogP contribution in [0.3, 0.4) is 0 Å². The second-order valence-electron chi connectivity index (χ2n) is 7.99. The minimum absolute atomic E-state index is 0.318. The number of hydrogen-bond donors (Lipinski definition) is 1. The molecule has 1 fully saturated rings. The molecular weight excluding hydrogens is 362 g/mol. The molecule has 0 aromatic heterocycles. The molecule has 29 heavy (non-hydrogen) atoms. The lowest BCUT2D eigenvalue weighted by atomic mass is 10.2. The molecule has 5 nitrogen and oxygen atoms in total. The molecule has 158 valence electrons. The topological polar surface area (TPSA) is 39.2 Å². The molecule has 0 spiro atoms. The van der Waals surface area contributed by atoms with Gasteiger partial charge in [0.25, 0.3) is 0 Å². The predicted molar refractivity (Wildman–Crippen MR) is 118 cm³/mol. The molecule has 0 saturated carbocycles. The number of aliphatic hydroxyl groups is 1. The highest BCUT2D eigenvalue weighted by atomic mass is 16.5. The van der Waals surface area contributed by atoms with Crippen molar-refractivity contribution in [3.63, 3.8) is 0 Å². The summed E-state index contributed by atoms with van der Waals surface area (Å²) in [4.78, 5) is 7.07. The van der Waals surface area contributed by atoms with Gasteiger partial charge in [-0.3, -0.25) is 14.7 Å². The van der Waals surface area contributed by atoms with Crippen LogP contribution < -0.4 is 4.74 Å². The van der Waals surface area contributed by atoms with Gasteiger partial charge in [0, 0.05) is 52.4 Å². The van der Waals surface area contributed by atoms with Crippen molar-refractivity contribution in [2.75, 3.05) is 52.9 Å². The highest BCUT2D eigenvalue weighted by molar-refractivity contribution is 5.27. The Morgan fingerprint density at radius 2 is 1.59 bits per heavy atom. The van der Waals surface area contributed by atoms with Gasteiger partial charge < -0.3 is 9.84 Å². The number of piperazine rings is 1. The number of β-amino-alcohol motifs (C(OH)–C–C–N with tert-alkyl or cyclic N) is 1. The van der Waals surface area contributed by atoms with Gasteiger partial charge in [0.2, 0.25) is 0 Å². The van der Waals surface area contributed by atoms with E-state index in [-0.39, 0.29) is 6.10 Å². The maximum Gasteiger partial charge on any atom is 0.119 e. The maximum absolute atomic E-state index is 10.5. The molecule has 1 saturated heterocycles. The summed E-state index contributed by atoms with van der Waals surface area (Å²) >= 11 is 0. The molecule has 1 heterocycles. The van der Waals surface area contributed by atoms with E-state index in [4.69, 9.17) is 4.74 Å². The minimum atomic E-state index is -0.318. The Morgan fingerprint density at radius 1 is 0.931 bits per heavy atom. The first kappa shape index (κ1) is 21.8. The summed E-state index contributed by atoms with van der Waals surface area (Å²) in [6.45, 7) is 10.1. The number of nitrogens with zero attached hydrogens (tertiary/aromatic N) is 3. The van der Waals surface area contributed by atoms with Crippen LogP contribution in [-0.4, -0.2) is 78.8 Å². The quantitative estimate of drug-likeness (QED) is 0.667. The van der Waals surface area contributed by atoms with Crippen molar-refractivity contribution in [1.29, 1.82) is 0 Å². The summed E-state index contributed by atoms with van der Waals surface area (Å²) in [6.07, 6.45) is -0.318. The summed E-state index contributed by atoms with van der Waals surface area (Å²) in [5.74, 6) is 0.937. The predicted octanol–water partition coefficient (Wildman–Crippen LogP) is 2.70. The number of ether oxygens (including phenoxy) is 1. The van der Waals surface area contributed by atoms with Crippen molar-refractivity contribution < 1.29 is 9.84 Å². The molecular formula is C24H35N3O2. The van der Waals surface area contributed by atoms with E-state index in [1.54, 1.807) is 0 Å².